The minimum Gasteiger partial charge on any atom is -0.393 e. The second-order valence-corrected chi connectivity index (χ2v) is 5.72. The predicted molar refractivity (Wildman–Crippen MR) is 81.0 cm³/mol. The first-order valence-electron chi connectivity index (χ1n) is 7.43. The number of rotatable bonds is 4. The zero-order valence-corrected chi connectivity index (χ0v) is 12.3. The molecule has 1 amide bonds. The van der Waals surface area contributed by atoms with Crippen LogP contribution in [0.25, 0.3) is 6.08 Å². The van der Waals surface area contributed by atoms with E-state index in [1.54, 1.807) is 30.2 Å². The molecule has 0 aromatic heterocycles. The van der Waals surface area contributed by atoms with Crippen LogP contribution in [0.1, 0.15) is 31.2 Å². The number of amides is 1. The second-order valence-electron chi connectivity index (χ2n) is 5.72. The molecule has 0 bridgehead atoms. The normalized spacial score (nSPS) is 22.4. The van der Waals surface area contributed by atoms with Crippen LogP contribution in [0.3, 0.4) is 0 Å². The van der Waals surface area contributed by atoms with Crippen LogP contribution in [0.2, 0.25) is 0 Å². The summed E-state index contributed by atoms with van der Waals surface area (Å²) < 4.78 is 12.8. The lowest BCUT2D eigenvalue weighted by Crippen LogP contribution is -2.37. The summed E-state index contributed by atoms with van der Waals surface area (Å²) in [5.41, 5.74) is 0.788. The molecule has 1 fully saturated rings. The zero-order chi connectivity index (χ0) is 15.2. The molecule has 1 aliphatic rings. The number of aliphatic hydroxyl groups is 1. The Labute approximate surface area is 125 Å². The van der Waals surface area contributed by atoms with Crippen LogP contribution in [-0.4, -0.2) is 35.6 Å². The lowest BCUT2D eigenvalue weighted by Gasteiger charge is -2.30. The highest BCUT2D eigenvalue weighted by molar-refractivity contribution is 5.91. The fraction of sp³-hybridized carbons (Fsp3) is 0.471. The maximum absolute atomic E-state index is 12.8. The summed E-state index contributed by atoms with van der Waals surface area (Å²) in [6, 6.07) is 5.99. The Morgan fingerprint density at radius 2 is 2.00 bits per heavy atom. The SMILES string of the molecule is CN(CC1CCCCC1O)C(=O)/C=C/c1ccc(F)cc1. The van der Waals surface area contributed by atoms with Gasteiger partial charge in [-0.05, 0) is 36.6 Å². The molecule has 114 valence electrons. The van der Waals surface area contributed by atoms with Crippen LogP contribution in [-0.2, 0) is 4.79 Å². The molecular formula is C17H22FNO2. The molecule has 2 unspecified atom stereocenters. The molecule has 3 nitrogen and oxygen atoms in total. The average Bonchev–Trinajstić information content (AvgIpc) is 2.48. The Kier molecular flexibility index (Phi) is 5.51. The number of aliphatic hydroxyl groups excluding tert-OH is 1. The molecule has 2 rings (SSSR count). The van der Waals surface area contributed by atoms with Gasteiger partial charge in [0.2, 0.25) is 5.91 Å². The summed E-state index contributed by atoms with van der Waals surface area (Å²) in [5, 5.41) is 9.94. The van der Waals surface area contributed by atoms with Gasteiger partial charge in [0.15, 0.2) is 0 Å². The van der Waals surface area contributed by atoms with Crippen LogP contribution in [0.4, 0.5) is 4.39 Å². The van der Waals surface area contributed by atoms with Gasteiger partial charge in [-0.25, -0.2) is 4.39 Å². The first kappa shape index (κ1) is 15.7. The second kappa shape index (κ2) is 7.36. The number of carbonyl (C=O) groups excluding carboxylic acids is 1. The molecule has 0 saturated heterocycles. The van der Waals surface area contributed by atoms with E-state index in [2.05, 4.69) is 0 Å². The van der Waals surface area contributed by atoms with Gasteiger partial charge in [-0.15, -0.1) is 0 Å². The fourth-order valence-corrected chi connectivity index (χ4v) is 2.71. The Morgan fingerprint density at radius 3 is 2.67 bits per heavy atom. The average molecular weight is 291 g/mol. The van der Waals surface area contributed by atoms with Gasteiger partial charge in [0.05, 0.1) is 6.10 Å². The number of likely N-dealkylation sites (N-methyl/N-ethyl adjacent to an activating group) is 1. The number of carbonyl (C=O) groups is 1. The van der Waals surface area contributed by atoms with Crippen molar-refractivity contribution in [3.8, 4) is 0 Å². The smallest absolute Gasteiger partial charge is 0.246 e. The molecule has 1 N–H and O–H groups in total. The monoisotopic (exact) mass is 291 g/mol. The number of benzene rings is 1. The van der Waals surface area contributed by atoms with Crippen LogP contribution in [0, 0.1) is 11.7 Å². The van der Waals surface area contributed by atoms with E-state index in [0.717, 1.165) is 31.2 Å². The predicted octanol–water partition coefficient (Wildman–Crippen LogP) is 2.85. The quantitative estimate of drug-likeness (QED) is 0.867. The maximum atomic E-state index is 12.8. The van der Waals surface area contributed by atoms with Crippen LogP contribution in [0.15, 0.2) is 30.3 Å². The highest BCUT2D eigenvalue weighted by atomic mass is 19.1. The van der Waals surface area contributed by atoms with Gasteiger partial charge in [-0.1, -0.05) is 25.0 Å². The summed E-state index contributed by atoms with van der Waals surface area (Å²) in [5.74, 6) is -0.217. The van der Waals surface area contributed by atoms with Crippen molar-refractivity contribution in [2.75, 3.05) is 13.6 Å². The molecule has 2 atom stereocenters. The van der Waals surface area contributed by atoms with E-state index in [1.165, 1.54) is 18.2 Å². The number of hydrogen-bond donors (Lipinski definition) is 1. The number of nitrogens with zero attached hydrogens (tertiary/aromatic N) is 1. The first-order valence-corrected chi connectivity index (χ1v) is 7.43. The minimum atomic E-state index is -0.296. The van der Waals surface area contributed by atoms with Gasteiger partial charge in [0, 0.05) is 25.6 Å². The molecular weight excluding hydrogens is 269 g/mol. The van der Waals surface area contributed by atoms with Crippen LogP contribution in [0.5, 0.6) is 0 Å². The standard InChI is InChI=1S/C17H22FNO2/c1-19(12-14-4-2-3-5-16(14)20)17(21)11-8-13-6-9-15(18)10-7-13/h6-11,14,16,20H,2-5,12H2,1H3/b11-8+. The summed E-state index contributed by atoms with van der Waals surface area (Å²) in [4.78, 5) is 13.7. The number of hydrogen-bond acceptors (Lipinski definition) is 2. The third-order valence-electron chi connectivity index (χ3n) is 4.04. The van der Waals surface area contributed by atoms with Crippen molar-refractivity contribution in [3.63, 3.8) is 0 Å². The Hall–Kier alpha value is -1.68. The van der Waals surface area contributed by atoms with Crippen molar-refractivity contribution >= 4 is 12.0 Å². The molecule has 1 aromatic carbocycles. The molecule has 0 spiro atoms. The van der Waals surface area contributed by atoms with Crippen LogP contribution >= 0.6 is 0 Å². The highest BCUT2D eigenvalue weighted by Gasteiger charge is 2.24. The van der Waals surface area contributed by atoms with E-state index >= 15 is 0 Å². The van der Waals surface area contributed by atoms with Crippen molar-refractivity contribution in [2.45, 2.75) is 31.8 Å². The number of halogens is 1. The maximum Gasteiger partial charge on any atom is 0.246 e. The van der Waals surface area contributed by atoms with E-state index < -0.39 is 0 Å². The van der Waals surface area contributed by atoms with Crippen molar-refractivity contribution < 1.29 is 14.3 Å². The van der Waals surface area contributed by atoms with Crippen LogP contribution < -0.4 is 0 Å². The van der Waals surface area contributed by atoms with Gasteiger partial charge >= 0.3 is 0 Å². The molecule has 1 aromatic rings. The third-order valence-corrected chi connectivity index (χ3v) is 4.04. The van der Waals surface area contributed by atoms with Crippen molar-refractivity contribution in [1.29, 1.82) is 0 Å². The summed E-state index contributed by atoms with van der Waals surface area (Å²) >= 11 is 0. The summed E-state index contributed by atoms with van der Waals surface area (Å²) in [7, 11) is 1.75. The van der Waals surface area contributed by atoms with Gasteiger partial charge in [-0.2, -0.15) is 0 Å². The zero-order valence-electron chi connectivity index (χ0n) is 12.3. The van der Waals surface area contributed by atoms with E-state index in [0.29, 0.717) is 6.54 Å². The van der Waals surface area contributed by atoms with Crippen molar-refractivity contribution in [2.24, 2.45) is 5.92 Å². The topological polar surface area (TPSA) is 40.5 Å². The Morgan fingerprint density at radius 1 is 1.33 bits per heavy atom. The molecule has 21 heavy (non-hydrogen) atoms. The minimum absolute atomic E-state index is 0.0999. The highest BCUT2D eigenvalue weighted by Crippen LogP contribution is 2.24. The Balaban J connectivity index is 1.88. The fourth-order valence-electron chi connectivity index (χ4n) is 2.71. The summed E-state index contributed by atoms with van der Waals surface area (Å²) in [6.45, 7) is 0.577. The largest absolute Gasteiger partial charge is 0.393 e. The molecule has 0 aliphatic heterocycles. The van der Waals surface area contributed by atoms with E-state index in [-0.39, 0.29) is 23.7 Å². The molecule has 4 heteroatoms. The van der Waals surface area contributed by atoms with Gasteiger partial charge < -0.3 is 10.0 Å². The molecule has 0 heterocycles. The summed E-state index contributed by atoms with van der Waals surface area (Å²) in [6.07, 6.45) is 6.86. The van der Waals surface area contributed by atoms with Crippen molar-refractivity contribution in [1.82, 2.24) is 4.90 Å². The van der Waals surface area contributed by atoms with E-state index in [4.69, 9.17) is 0 Å². The molecule has 0 radical (unpaired) electrons. The van der Waals surface area contributed by atoms with E-state index in [9.17, 15) is 14.3 Å². The van der Waals surface area contributed by atoms with Crippen molar-refractivity contribution in [3.05, 3.63) is 41.7 Å². The van der Waals surface area contributed by atoms with Gasteiger partial charge in [-0.3, -0.25) is 4.79 Å². The van der Waals surface area contributed by atoms with Gasteiger partial charge in [0.1, 0.15) is 5.82 Å². The first-order chi connectivity index (χ1) is 10.1. The third kappa shape index (κ3) is 4.67. The lowest BCUT2D eigenvalue weighted by molar-refractivity contribution is -0.126. The molecule has 1 aliphatic carbocycles. The molecule has 1 saturated carbocycles. The Bertz CT molecular complexity index is 498. The van der Waals surface area contributed by atoms with E-state index in [1.807, 2.05) is 0 Å². The lowest BCUT2D eigenvalue weighted by atomic mass is 9.86. The van der Waals surface area contributed by atoms with Gasteiger partial charge in [0.25, 0.3) is 0 Å².